The number of aromatic nitrogens is 3. The van der Waals surface area contributed by atoms with Crippen molar-refractivity contribution >= 4 is 22.6 Å². The fourth-order valence-corrected chi connectivity index (χ4v) is 3.52. The van der Waals surface area contributed by atoms with Crippen LogP contribution in [0.5, 0.6) is 0 Å². The van der Waals surface area contributed by atoms with Crippen LogP contribution in [0.25, 0.3) is 22.5 Å². The number of halogens is 9. The highest BCUT2D eigenvalue weighted by Crippen LogP contribution is 2.38. The summed E-state index contributed by atoms with van der Waals surface area (Å²) in [5.41, 5.74) is -5.46. The highest BCUT2D eigenvalue weighted by molar-refractivity contribution is 5.92. The standard InChI is InChI=1S/C21H11F9N4O2/c1-7-12-8(19(26)27)5-9(10-3-2-4-36-10)31-20(12)34(33-7)6-11(35)32-18-16(24)14(22)13(21(28,29)30)15(23)17(18)25/h2-5,19H,6H2,1H3,(H,32,35). The van der Waals surface area contributed by atoms with E-state index >= 15 is 0 Å². The SMILES string of the molecule is Cc1nn(CC(=O)Nc2c(F)c(F)c(C(F)(F)F)c(F)c2F)c2nc(-c3ccco3)cc(C(F)F)c12. The number of nitrogens with zero attached hydrogens (tertiary/aromatic N) is 3. The Bertz CT molecular complexity index is 1450. The third-order valence-electron chi connectivity index (χ3n) is 5.02. The van der Waals surface area contributed by atoms with E-state index < -0.39 is 65.1 Å². The zero-order valence-corrected chi connectivity index (χ0v) is 17.7. The molecule has 3 heterocycles. The molecule has 6 nitrogen and oxygen atoms in total. The molecule has 15 heteroatoms. The first-order valence-electron chi connectivity index (χ1n) is 9.74. The fraction of sp³-hybridized carbons (Fsp3) is 0.190. The quantitative estimate of drug-likeness (QED) is 0.252. The lowest BCUT2D eigenvalue weighted by Gasteiger charge is -2.14. The van der Waals surface area contributed by atoms with Gasteiger partial charge in [-0.1, -0.05) is 0 Å². The van der Waals surface area contributed by atoms with E-state index in [0.29, 0.717) is 0 Å². The molecule has 36 heavy (non-hydrogen) atoms. The lowest BCUT2D eigenvalue weighted by molar-refractivity contribution is -0.143. The van der Waals surface area contributed by atoms with Crippen LogP contribution < -0.4 is 5.32 Å². The number of carbonyl (C=O) groups is 1. The van der Waals surface area contributed by atoms with E-state index in [4.69, 9.17) is 4.42 Å². The van der Waals surface area contributed by atoms with Crippen LogP contribution in [-0.4, -0.2) is 20.7 Å². The molecule has 1 aromatic carbocycles. The van der Waals surface area contributed by atoms with Crippen LogP contribution in [0, 0.1) is 30.2 Å². The van der Waals surface area contributed by atoms with Gasteiger partial charge in [0.05, 0.1) is 17.3 Å². The number of nitrogens with one attached hydrogen (secondary N) is 1. The smallest absolute Gasteiger partial charge is 0.422 e. The third kappa shape index (κ3) is 4.24. The number of hydrogen-bond donors (Lipinski definition) is 1. The maximum Gasteiger partial charge on any atom is 0.422 e. The first-order valence-corrected chi connectivity index (χ1v) is 9.74. The molecule has 0 fully saturated rings. The summed E-state index contributed by atoms with van der Waals surface area (Å²) in [5, 5.41) is 5.22. The van der Waals surface area contributed by atoms with Crippen molar-refractivity contribution < 1.29 is 48.7 Å². The molecule has 0 saturated heterocycles. The van der Waals surface area contributed by atoms with Crippen LogP contribution in [0.3, 0.4) is 0 Å². The molecule has 0 saturated carbocycles. The van der Waals surface area contributed by atoms with Gasteiger partial charge < -0.3 is 9.73 Å². The van der Waals surface area contributed by atoms with Crippen LogP contribution in [0.2, 0.25) is 0 Å². The second-order valence-electron chi connectivity index (χ2n) is 7.37. The predicted octanol–water partition coefficient (Wildman–Crippen LogP) is 6.15. The zero-order valence-electron chi connectivity index (χ0n) is 17.7. The second kappa shape index (κ2) is 8.87. The number of alkyl halides is 5. The van der Waals surface area contributed by atoms with E-state index in [1.54, 1.807) is 0 Å². The molecule has 0 bridgehead atoms. The number of fused-ring (bicyclic) bond motifs is 1. The lowest BCUT2D eigenvalue weighted by Crippen LogP contribution is -2.23. The van der Waals surface area contributed by atoms with E-state index in [-0.39, 0.29) is 28.2 Å². The normalized spacial score (nSPS) is 12.1. The molecule has 4 aromatic rings. The minimum atomic E-state index is -5.76. The van der Waals surface area contributed by atoms with Gasteiger partial charge in [-0.25, -0.2) is 36.0 Å². The van der Waals surface area contributed by atoms with Crippen molar-refractivity contribution in [3.63, 3.8) is 0 Å². The number of rotatable bonds is 5. The first kappa shape index (κ1) is 25.1. The predicted molar refractivity (Wildman–Crippen MR) is 105 cm³/mol. The molecule has 0 aliphatic heterocycles. The van der Waals surface area contributed by atoms with Crippen molar-refractivity contribution in [3.8, 4) is 11.5 Å². The first-order chi connectivity index (χ1) is 16.8. The van der Waals surface area contributed by atoms with Gasteiger partial charge in [0.15, 0.2) is 34.7 Å². The molecule has 0 spiro atoms. The summed E-state index contributed by atoms with van der Waals surface area (Å²) in [6, 6.07) is 3.93. The molecular weight excluding hydrogens is 511 g/mol. The summed E-state index contributed by atoms with van der Waals surface area (Å²) in [5.74, 6) is -11.8. The topological polar surface area (TPSA) is 73.0 Å². The van der Waals surface area contributed by atoms with Crippen LogP contribution in [0.4, 0.5) is 45.2 Å². The largest absolute Gasteiger partial charge is 0.463 e. The summed E-state index contributed by atoms with van der Waals surface area (Å²) >= 11 is 0. The molecule has 190 valence electrons. The molecule has 0 atom stereocenters. The Morgan fingerprint density at radius 1 is 1.11 bits per heavy atom. The number of benzene rings is 1. The molecule has 0 radical (unpaired) electrons. The Balaban J connectivity index is 1.74. The summed E-state index contributed by atoms with van der Waals surface area (Å²) < 4.78 is 127. The maximum atomic E-state index is 14.1. The van der Waals surface area contributed by atoms with Gasteiger partial charge >= 0.3 is 6.18 Å². The van der Waals surface area contributed by atoms with Gasteiger partial charge in [-0.15, -0.1) is 0 Å². The van der Waals surface area contributed by atoms with Gasteiger partial charge in [0.1, 0.15) is 23.5 Å². The molecule has 0 aliphatic rings. The zero-order chi connectivity index (χ0) is 26.5. The molecular formula is C21H11F9N4O2. The van der Waals surface area contributed by atoms with Crippen LogP contribution >= 0.6 is 0 Å². The van der Waals surface area contributed by atoms with Crippen LogP contribution in [0.15, 0.2) is 28.9 Å². The van der Waals surface area contributed by atoms with Crippen LogP contribution in [0.1, 0.15) is 23.2 Å². The van der Waals surface area contributed by atoms with E-state index in [1.807, 2.05) is 0 Å². The van der Waals surface area contributed by atoms with Gasteiger partial charge in [0.2, 0.25) is 5.91 Å². The van der Waals surface area contributed by atoms with Crippen molar-refractivity contribution in [1.82, 2.24) is 14.8 Å². The van der Waals surface area contributed by atoms with Crippen molar-refractivity contribution in [2.75, 3.05) is 5.32 Å². The van der Waals surface area contributed by atoms with E-state index in [0.717, 1.165) is 10.7 Å². The highest BCUT2D eigenvalue weighted by Gasteiger charge is 2.42. The third-order valence-corrected chi connectivity index (χ3v) is 5.02. The van der Waals surface area contributed by atoms with Gasteiger partial charge in [0.25, 0.3) is 6.43 Å². The fourth-order valence-electron chi connectivity index (χ4n) is 3.52. The summed E-state index contributed by atoms with van der Waals surface area (Å²) in [6.07, 6.45) is -7.51. The van der Waals surface area contributed by atoms with Crippen molar-refractivity contribution in [1.29, 1.82) is 0 Å². The number of furan rings is 1. The van der Waals surface area contributed by atoms with Crippen molar-refractivity contribution in [2.24, 2.45) is 0 Å². The molecule has 1 amide bonds. The Kier molecular flexibility index (Phi) is 6.18. The highest BCUT2D eigenvalue weighted by atomic mass is 19.4. The lowest BCUT2D eigenvalue weighted by atomic mass is 10.1. The summed E-state index contributed by atoms with van der Waals surface area (Å²) in [7, 11) is 0. The van der Waals surface area contributed by atoms with Gasteiger partial charge in [-0.05, 0) is 25.1 Å². The van der Waals surface area contributed by atoms with E-state index in [2.05, 4.69) is 10.1 Å². The van der Waals surface area contributed by atoms with Gasteiger partial charge in [-0.2, -0.15) is 18.3 Å². The van der Waals surface area contributed by atoms with Gasteiger partial charge in [0, 0.05) is 5.56 Å². The Labute approximate surface area is 194 Å². The summed E-state index contributed by atoms with van der Waals surface area (Å²) in [6.45, 7) is 0.349. The number of hydrogen-bond acceptors (Lipinski definition) is 4. The second-order valence-corrected chi connectivity index (χ2v) is 7.37. The molecule has 3 aromatic heterocycles. The average molecular weight is 522 g/mol. The van der Waals surface area contributed by atoms with E-state index in [9.17, 15) is 44.3 Å². The minimum Gasteiger partial charge on any atom is -0.463 e. The van der Waals surface area contributed by atoms with Crippen molar-refractivity contribution in [3.05, 3.63) is 64.6 Å². The monoisotopic (exact) mass is 522 g/mol. The van der Waals surface area contributed by atoms with Crippen LogP contribution in [-0.2, 0) is 17.5 Å². The maximum absolute atomic E-state index is 14.1. The van der Waals surface area contributed by atoms with Crippen molar-refractivity contribution in [2.45, 2.75) is 26.1 Å². The Morgan fingerprint density at radius 3 is 2.28 bits per heavy atom. The average Bonchev–Trinajstić information content (AvgIpc) is 3.43. The Hall–Kier alpha value is -4.04. The number of aryl methyl sites for hydroxylation is 1. The number of amides is 1. The molecule has 4 rings (SSSR count). The molecule has 0 aliphatic carbocycles. The Morgan fingerprint density at radius 2 is 1.75 bits per heavy atom. The number of carbonyl (C=O) groups excluding carboxylic acids is 1. The molecule has 1 N–H and O–H groups in total. The number of pyridine rings is 1. The van der Waals surface area contributed by atoms with E-state index in [1.165, 1.54) is 30.6 Å². The van der Waals surface area contributed by atoms with Gasteiger partial charge in [-0.3, -0.25) is 4.79 Å². The minimum absolute atomic E-state index is 0.00410. The molecule has 0 unspecified atom stereocenters. The summed E-state index contributed by atoms with van der Waals surface area (Å²) in [4.78, 5) is 16.6. The number of anilines is 1.